The Morgan fingerprint density at radius 2 is 1.46 bits per heavy atom. The van der Waals surface area contributed by atoms with E-state index in [0.29, 0.717) is 12.0 Å². The van der Waals surface area contributed by atoms with E-state index in [4.69, 9.17) is 11.6 Å². The standard InChI is InChI=1S/C32H31ClN2O2/c33-28-14-12-25(13-15-28)30-9-5-4-8-27(30)23-34-18-20-35(21-19-34)29-16-17-31(32(36)37)26(22-29)11-10-24-6-2-1-3-7-24/h1-9,12-17,22H,10-11,18-21,23H2,(H,36,37). The van der Waals surface area contributed by atoms with E-state index in [1.807, 2.05) is 36.4 Å². The maximum Gasteiger partial charge on any atom is 0.335 e. The quantitative estimate of drug-likeness (QED) is 0.283. The predicted octanol–water partition coefficient (Wildman–Crippen LogP) is 6.81. The van der Waals surface area contributed by atoms with Gasteiger partial charge >= 0.3 is 5.97 Å². The lowest BCUT2D eigenvalue weighted by atomic mass is 9.98. The van der Waals surface area contributed by atoms with Crippen molar-refractivity contribution in [3.8, 4) is 11.1 Å². The maximum absolute atomic E-state index is 11.9. The number of carboxylic acid groups (broad SMARTS) is 1. The normalized spacial score (nSPS) is 14.0. The zero-order chi connectivity index (χ0) is 25.6. The minimum absolute atomic E-state index is 0.400. The van der Waals surface area contributed by atoms with Crippen LogP contribution in [0.15, 0.2) is 97.1 Å². The van der Waals surface area contributed by atoms with Gasteiger partial charge in [-0.25, -0.2) is 4.79 Å². The van der Waals surface area contributed by atoms with E-state index in [9.17, 15) is 9.90 Å². The molecule has 1 N–H and O–H groups in total. The largest absolute Gasteiger partial charge is 0.478 e. The Kier molecular flexibility index (Phi) is 7.88. The van der Waals surface area contributed by atoms with Crippen molar-refractivity contribution in [2.24, 2.45) is 0 Å². The molecule has 1 saturated heterocycles. The molecule has 0 spiro atoms. The summed E-state index contributed by atoms with van der Waals surface area (Å²) >= 11 is 6.10. The molecule has 0 bridgehead atoms. The van der Waals surface area contributed by atoms with Crippen LogP contribution >= 0.6 is 11.6 Å². The molecule has 0 aromatic heterocycles. The number of aryl methyl sites for hydroxylation is 2. The molecule has 1 fully saturated rings. The van der Waals surface area contributed by atoms with Crippen LogP contribution in [-0.4, -0.2) is 42.2 Å². The summed E-state index contributed by atoms with van der Waals surface area (Å²) < 4.78 is 0. The lowest BCUT2D eigenvalue weighted by Gasteiger charge is -2.36. The number of carbonyl (C=O) groups is 1. The molecular weight excluding hydrogens is 480 g/mol. The maximum atomic E-state index is 11.9. The van der Waals surface area contributed by atoms with Gasteiger partial charge in [-0.15, -0.1) is 0 Å². The molecule has 0 atom stereocenters. The molecule has 1 heterocycles. The van der Waals surface area contributed by atoms with Gasteiger partial charge in [-0.3, -0.25) is 4.90 Å². The van der Waals surface area contributed by atoms with E-state index in [1.54, 1.807) is 6.07 Å². The Labute approximate surface area is 223 Å². The third kappa shape index (κ3) is 6.22. The molecule has 1 aliphatic heterocycles. The van der Waals surface area contributed by atoms with Crippen LogP contribution in [0.5, 0.6) is 0 Å². The van der Waals surface area contributed by atoms with Crippen molar-refractivity contribution < 1.29 is 9.90 Å². The van der Waals surface area contributed by atoms with Crippen LogP contribution in [0.3, 0.4) is 0 Å². The Bertz CT molecular complexity index is 1350. The average molecular weight is 511 g/mol. The topological polar surface area (TPSA) is 43.8 Å². The first kappa shape index (κ1) is 25.1. The molecule has 0 radical (unpaired) electrons. The highest BCUT2D eigenvalue weighted by molar-refractivity contribution is 6.30. The van der Waals surface area contributed by atoms with E-state index < -0.39 is 5.97 Å². The van der Waals surface area contributed by atoms with Gasteiger partial charge < -0.3 is 10.0 Å². The summed E-state index contributed by atoms with van der Waals surface area (Å²) in [6.45, 7) is 4.62. The number of carboxylic acids is 1. The predicted molar refractivity (Wildman–Crippen MR) is 152 cm³/mol. The van der Waals surface area contributed by atoms with E-state index in [0.717, 1.165) is 55.4 Å². The highest BCUT2D eigenvalue weighted by atomic mass is 35.5. The van der Waals surface area contributed by atoms with Gasteiger partial charge in [0.2, 0.25) is 0 Å². The molecule has 4 aromatic carbocycles. The van der Waals surface area contributed by atoms with Gasteiger partial charge in [-0.05, 0) is 71.0 Å². The fraction of sp³-hybridized carbons (Fsp3) is 0.219. The third-order valence-electron chi connectivity index (χ3n) is 7.15. The average Bonchev–Trinajstić information content (AvgIpc) is 2.93. The second kappa shape index (κ2) is 11.6. The second-order valence-corrected chi connectivity index (χ2v) is 10.00. The molecule has 5 rings (SSSR count). The van der Waals surface area contributed by atoms with Crippen LogP contribution in [-0.2, 0) is 19.4 Å². The SMILES string of the molecule is O=C(O)c1ccc(N2CCN(Cc3ccccc3-c3ccc(Cl)cc3)CC2)cc1CCc1ccccc1. The summed E-state index contributed by atoms with van der Waals surface area (Å²) in [5, 5.41) is 10.5. The number of nitrogens with zero attached hydrogens (tertiary/aromatic N) is 2. The molecule has 0 aliphatic carbocycles. The Hall–Kier alpha value is -3.60. The summed E-state index contributed by atoms with van der Waals surface area (Å²) in [5.41, 5.74) is 7.36. The molecule has 188 valence electrons. The molecule has 37 heavy (non-hydrogen) atoms. The second-order valence-electron chi connectivity index (χ2n) is 9.56. The Balaban J connectivity index is 1.25. The molecule has 4 nitrogen and oxygen atoms in total. The van der Waals surface area contributed by atoms with E-state index in [1.165, 1.54) is 22.3 Å². The van der Waals surface area contributed by atoms with Crippen LogP contribution in [0.1, 0.15) is 27.0 Å². The van der Waals surface area contributed by atoms with Gasteiger partial charge in [-0.1, -0.05) is 78.3 Å². The van der Waals surface area contributed by atoms with Gasteiger partial charge in [0.25, 0.3) is 0 Å². The van der Waals surface area contributed by atoms with Gasteiger partial charge in [0.05, 0.1) is 5.56 Å². The van der Waals surface area contributed by atoms with Crippen molar-refractivity contribution in [1.82, 2.24) is 4.90 Å². The molecular formula is C32H31ClN2O2. The minimum Gasteiger partial charge on any atom is -0.478 e. The number of aromatic carboxylic acids is 1. The van der Waals surface area contributed by atoms with Crippen molar-refractivity contribution in [1.29, 1.82) is 0 Å². The van der Waals surface area contributed by atoms with E-state index in [-0.39, 0.29) is 0 Å². The summed E-state index contributed by atoms with van der Waals surface area (Å²) in [5.74, 6) is -0.862. The molecule has 5 heteroatoms. The summed E-state index contributed by atoms with van der Waals surface area (Å²) in [4.78, 5) is 16.7. The number of hydrogen-bond acceptors (Lipinski definition) is 3. The smallest absolute Gasteiger partial charge is 0.335 e. The number of hydrogen-bond donors (Lipinski definition) is 1. The van der Waals surface area contributed by atoms with Crippen LogP contribution in [0.2, 0.25) is 5.02 Å². The van der Waals surface area contributed by atoms with Gasteiger partial charge in [0, 0.05) is 43.4 Å². The van der Waals surface area contributed by atoms with Crippen molar-refractivity contribution >= 4 is 23.3 Å². The monoisotopic (exact) mass is 510 g/mol. The lowest BCUT2D eigenvalue weighted by molar-refractivity contribution is 0.0695. The molecule has 1 aliphatic rings. The fourth-order valence-corrected chi connectivity index (χ4v) is 5.22. The van der Waals surface area contributed by atoms with E-state index in [2.05, 4.69) is 64.4 Å². The molecule has 0 unspecified atom stereocenters. The highest BCUT2D eigenvalue weighted by Crippen LogP contribution is 2.27. The van der Waals surface area contributed by atoms with Crippen LogP contribution in [0.25, 0.3) is 11.1 Å². The summed E-state index contributed by atoms with van der Waals surface area (Å²) in [6, 6.07) is 32.7. The number of benzene rings is 4. The van der Waals surface area contributed by atoms with Crippen molar-refractivity contribution in [2.75, 3.05) is 31.1 Å². The first-order valence-corrected chi connectivity index (χ1v) is 13.2. The Morgan fingerprint density at radius 1 is 0.757 bits per heavy atom. The first-order chi connectivity index (χ1) is 18.1. The highest BCUT2D eigenvalue weighted by Gasteiger charge is 2.20. The van der Waals surface area contributed by atoms with Gasteiger partial charge in [0.1, 0.15) is 0 Å². The summed E-state index contributed by atoms with van der Waals surface area (Å²) in [6.07, 6.45) is 1.53. The van der Waals surface area contributed by atoms with Crippen molar-refractivity contribution in [3.63, 3.8) is 0 Å². The molecule has 0 saturated carbocycles. The molecule has 4 aromatic rings. The van der Waals surface area contributed by atoms with Crippen molar-refractivity contribution in [2.45, 2.75) is 19.4 Å². The zero-order valence-electron chi connectivity index (χ0n) is 20.8. The Morgan fingerprint density at radius 3 is 2.19 bits per heavy atom. The minimum atomic E-state index is -0.862. The fourth-order valence-electron chi connectivity index (χ4n) is 5.09. The number of halogens is 1. The third-order valence-corrected chi connectivity index (χ3v) is 7.40. The van der Waals surface area contributed by atoms with Gasteiger partial charge in [0.15, 0.2) is 0 Å². The van der Waals surface area contributed by atoms with Crippen LogP contribution in [0.4, 0.5) is 5.69 Å². The number of rotatable bonds is 8. The van der Waals surface area contributed by atoms with Crippen LogP contribution < -0.4 is 4.90 Å². The van der Waals surface area contributed by atoms with Gasteiger partial charge in [-0.2, -0.15) is 0 Å². The number of anilines is 1. The van der Waals surface area contributed by atoms with E-state index >= 15 is 0 Å². The lowest BCUT2D eigenvalue weighted by Crippen LogP contribution is -2.46. The van der Waals surface area contributed by atoms with Crippen molar-refractivity contribution in [3.05, 3.63) is 124 Å². The first-order valence-electron chi connectivity index (χ1n) is 12.8. The zero-order valence-corrected chi connectivity index (χ0v) is 21.6. The summed E-state index contributed by atoms with van der Waals surface area (Å²) in [7, 11) is 0. The van der Waals surface area contributed by atoms with Crippen LogP contribution in [0, 0.1) is 0 Å². The molecule has 0 amide bonds. The number of piperazine rings is 1.